The van der Waals surface area contributed by atoms with Gasteiger partial charge in [0.1, 0.15) is 23.9 Å². The van der Waals surface area contributed by atoms with Crippen LogP contribution in [0.15, 0.2) is 91.3 Å². The molecular weight excluding hydrogens is 432 g/mol. The van der Waals surface area contributed by atoms with Crippen LogP contribution >= 0.6 is 0 Å². The van der Waals surface area contributed by atoms with Gasteiger partial charge >= 0.3 is 0 Å². The highest BCUT2D eigenvalue weighted by Gasteiger charge is 2.46. The average Bonchev–Trinajstić information content (AvgIpc) is 3.13. The van der Waals surface area contributed by atoms with Crippen LogP contribution in [0.25, 0.3) is 5.76 Å². The number of aromatic nitrogens is 1. The summed E-state index contributed by atoms with van der Waals surface area (Å²) in [5, 5.41) is 11.2. The lowest BCUT2D eigenvalue weighted by Gasteiger charge is -2.25. The number of Topliss-reactive ketones (excluding diaryl/α,β-unsaturated/α-hetero) is 1. The molecule has 1 N–H and O–H groups in total. The van der Waals surface area contributed by atoms with Crippen molar-refractivity contribution in [3.05, 3.63) is 108 Å². The second-order valence-corrected chi connectivity index (χ2v) is 7.68. The fourth-order valence-electron chi connectivity index (χ4n) is 3.88. The van der Waals surface area contributed by atoms with E-state index < -0.39 is 17.7 Å². The Kier molecular flexibility index (Phi) is 6.73. The van der Waals surface area contributed by atoms with E-state index in [0.29, 0.717) is 29.2 Å². The van der Waals surface area contributed by atoms with Crippen molar-refractivity contribution in [3.8, 4) is 11.5 Å². The van der Waals surface area contributed by atoms with E-state index in [2.05, 4.69) is 11.6 Å². The van der Waals surface area contributed by atoms with Crippen LogP contribution in [0.4, 0.5) is 0 Å². The molecule has 3 aromatic rings. The predicted molar refractivity (Wildman–Crippen MR) is 127 cm³/mol. The highest BCUT2D eigenvalue weighted by atomic mass is 16.5. The van der Waals surface area contributed by atoms with Crippen LogP contribution in [-0.2, 0) is 16.1 Å². The van der Waals surface area contributed by atoms with Crippen molar-refractivity contribution in [2.24, 2.45) is 0 Å². The quantitative estimate of drug-likeness (QED) is 0.236. The van der Waals surface area contributed by atoms with E-state index >= 15 is 0 Å². The second kappa shape index (κ2) is 10.0. The van der Waals surface area contributed by atoms with Crippen molar-refractivity contribution in [1.82, 2.24) is 9.88 Å². The number of ether oxygens (including phenoxy) is 2. The Bertz CT molecular complexity index is 1220. The van der Waals surface area contributed by atoms with Crippen molar-refractivity contribution in [2.75, 3.05) is 13.7 Å². The first-order valence-corrected chi connectivity index (χ1v) is 10.7. The molecular formula is C27H24N2O5. The van der Waals surface area contributed by atoms with Gasteiger partial charge in [-0.3, -0.25) is 14.6 Å². The van der Waals surface area contributed by atoms with Crippen LogP contribution < -0.4 is 9.47 Å². The number of ketones is 1. The Morgan fingerprint density at radius 3 is 2.29 bits per heavy atom. The summed E-state index contributed by atoms with van der Waals surface area (Å²) in [5.74, 6) is -0.412. The first-order chi connectivity index (χ1) is 16.5. The van der Waals surface area contributed by atoms with E-state index in [1.165, 1.54) is 4.90 Å². The minimum atomic E-state index is -0.774. The number of carbonyl (C=O) groups is 2. The molecule has 34 heavy (non-hydrogen) atoms. The van der Waals surface area contributed by atoms with Crippen LogP contribution in [0.2, 0.25) is 0 Å². The predicted octanol–water partition coefficient (Wildman–Crippen LogP) is 4.28. The van der Waals surface area contributed by atoms with E-state index in [1.54, 1.807) is 86.2 Å². The molecule has 0 radical (unpaired) electrons. The molecule has 0 saturated carbocycles. The molecule has 1 aliphatic rings. The summed E-state index contributed by atoms with van der Waals surface area (Å²) in [7, 11) is 1.54. The van der Waals surface area contributed by atoms with Gasteiger partial charge in [-0.2, -0.15) is 0 Å². The van der Waals surface area contributed by atoms with Crippen LogP contribution in [0, 0.1) is 0 Å². The molecule has 172 valence electrons. The number of nitrogens with zero attached hydrogens (tertiary/aromatic N) is 2. The Labute approximate surface area is 197 Å². The summed E-state index contributed by atoms with van der Waals surface area (Å²) in [6, 6.07) is 16.6. The molecule has 1 aliphatic heterocycles. The van der Waals surface area contributed by atoms with Gasteiger partial charge in [0.05, 0.1) is 18.7 Å². The van der Waals surface area contributed by atoms with Crippen LogP contribution in [0.3, 0.4) is 0 Å². The molecule has 2 heterocycles. The van der Waals surface area contributed by atoms with Gasteiger partial charge in [-0.25, -0.2) is 0 Å². The fraction of sp³-hybridized carbons (Fsp3) is 0.148. The van der Waals surface area contributed by atoms with E-state index in [1.807, 2.05) is 0 Å². The molecule has 1 fully saturated rings. The second-order valence-electron chi connectivity index (χ2n) is 7.68. The van der Waals surface area contributed by atoms with Crippen molar-refractivity contribution < 1.29 is 24.2 Å². The average molecular weight is 456 g/mol. The molecule has 7 nitrogen and oxygen atoms in total. The monoisotopic (exact) mass is 456 g/mol. The van der Waals surface area contributed by atoms with Gasteiger partial charge in [-0.15, -0.1) is 0 Å². The maximum absolute atomic E-state index is 13.2. The molecule has 7 heteroatoms. The number of aliphatic hydroxyl groups excluding tert-OH is 1. The number of amides is 1. The fourth-order valence-corrected chi connectivity index (χ4v) is 3.88. The van der Waals surface area contributed by atoms with Crippen molar-refractivity contribution in [1.29, 1.82) is 0 Å². The highest BCUT2D eigenvalue weighted by molar-refractivity contribution is 6.46. The van der Waals surface area contributed by atoms with Gasteiger partial charge in [0, 0.05) is 24.5 Å². The molecule has 2 aromatic carbocycles. The normalized spacial score (nSPS) is 17.0. The largest absolute Gasteiger partial charge is 0.507 e. The zero-order valence-corrected chi connectivity index (χ0v) is 18.7. The summed E-state index contributed by atoms with van der Waals surface area (Å²) < 4.78 is 10.7. The lowest BCUT2D eigenvalue weighted by molar-refractivity contribution is -0.140. The van der Waals surface area contributed by atoms with E-state index in [9.17, 15) is 14.7 Å². The SMILES string of the molecule is C=CCOc1ccc([C@H]2C(=C(O)c3ccc(OC)cc3)C(=O)C(=O)N2Cc2ccncc2)cc1. The smallest absolute Gasteiger partial charge is 0.295 e. The van der Waals surface area contributed by atoms with Crippen molar-refractivity contribution >= 4 is 17.4 Å². The molecule has 0 bridgehead atoms. The maximum Gasteiger partial charge on any atom is 0.295 e. The number of hydrogen-bond acceptors (Lipinski definition) is 6. The standard InChI is InChI=1S/C27H24N2O5/c1-3-16-34-22-10-4-19(5-11-22)24-23(25(30)20-6-8-21(33-2)9-7-20)26(31)27(32)29(24)17-18-12-14-28-15-13-18/h3-15,24,30H,1,16-17H2,2H3/t24-/m0/s1. The molecule has 0 spiro atoms. The van der Waals surface area contributed by atoms with E-state index in [0.717, 1.165) is 5.56 Å². The van der Waals surface area contributed by atoms with Crippen LogP contribution in [-0.4, -0.2) is 40.4 Å². The Hall–Kier alpha value is -4.39. The lowest BCUT2D eigenvalue weighted by Crippen LogP contribution is -2.29. The van der Waals surface area contributed by atoms with Crippen LogP contribution in [0.1, 0.15) is 22.7 Å². The van der Waals surface area contributed by atoms with Gasteiger partial charge in [-0.1, -0.05) is 24.8 Å². The first-order valence-electron chi connectivity index (χ1n) is 10.7. The Morgan fingerprint density at radius 1 is 1.03 bits per heavy atom. The van der Waals surface area contributed by atoms with Gasteiger partial charge in [0.2, 0.25) is 0 Å². The number of rotatable bonds is 8. The third-order valence-corrected chi connectivity index (χ3v) is 5.57. The minimum Gasteiger partial charge on any atom is -0.507 e. The number of carbonyl (C=O) groups excluding carboxylic acids is 2. The molecule has 1 saturated heterocycles. The first kappa shape index (κ1) is 22.8. The van der Waals surface area contributed by atoms with Gasteiger partial charge < -0.3 is 19.5 Å². The molecule has 4 rings (SSSR count). The van der Waals surface area contributed by atoms with Crippen molar-refractivity contribution in [2.45, 2.75) is 12.6 Å². The molecule has 1 amide bonds. The summed E-state index contributed by atoms with van der Waals surface area (Å²) in [4.78, 5) is 31.7. The highest BCUT2D eigenvalue weighted by Crippen LogP contribution is 2.40. The minimum absolute atomic E-state index is 0.0315. The van der Waals surface area contributed by atoms with Gasteiger partial charge in [0.15, 0.2) is 0 Å². The number of pyridine rings is 1. The lowest BCUT2D eigenvalue weighted by atomic mass is 9.95. The van der Waals surface area contributed by atoms with E-state index in [-0.39, 0.29) is 17.9 Å². The summed E-state index contributed by atoms with van der Waals surface area (Å²) in [5.41, 5.74) is 1.94. The Balaban J connectivity index is 1.80. The molecule has 1 atom stereocenters. The molecule has 1 aromatic heterocycles. The number of likely N-dealkylation sites (tertiary alicyclic amines) is 1. The van der Waals surface area contributed by atoms with Gasteiger partial charge in [0.25, 0.3) is 11.7 Å². The van der Waals surface area contributed by atoms with Crippen LogP contribution in [0.5, 0.6) is 11.5 Å². The third-order valence-electron chi connectivity index (χ3n) is 5.57. The Morgan fingerprint density at radius 2 is 1.68 bits per heavy atom. The summed E-state index contributed by atoms with van der Waals surface area (Å²) in [6.07, 6.45) is 4.90. The zero-order chi connectivity index (χ0) is 24.1. The summed E-state index contributed by atoms with van der Waals surface area (Å²) >= 11 is 0. The zero-order valence-electron chi connectivity index (χ0n) is 18.7. The van der Waals surface area contributed by atoms with Crippen molar-refractivity contribution in [3.63, 3.8) is 0 Å². The van der Waals surface area contributed by atoms with E-state index in [4.69, 9.17) is 9.47 Å². The number of benzene rings is 2. The number of aliphatic hydroxyl groups is 1. The summed E-state index contributed by atoms with van der Waals surface area (Å²) in [6.45, 7) is 4.18. The third kappa shape index (κ3) is 4.54. The maximum atomic E-state index is 13.2. The number of methoxy groups -OCH3 is 1. The molecule has 0 unspecified atom stereocenters. The number of hydrogen-bond donors (Lipinski definition) is 1. The molecule has 0 aliphatic carbocycles. The topological polar surface area (TPSA) is 89.0 Å². The van der Waals surface area contributed by atoms with Gasteiger partial charge in [-0.05, 0) is 59.7 Å².